The summed E-state index contributed by atoms with van der Waals surface area (Å²) in [6, 6.07) is 8.38. The van der Waals surface area contributed by atoms with Gasteiger partial charge in [-0.15, -0.1) is 0 Å². The van der Waals surface area contributed by atoms with E-state index in [0.717, 1.165) is 48.0 Å². The van der Waals surface area contributed by atoms with E-state index in [4.69, 9.17) is 4.74 Å². The van der Waals surface area contributed by atoms with E-state index in [0.29, 0.717) is 0 Å². The van der Waals surface area contributed by atoms with Gasteiger partial charge in [-0.25, -0.2) is 9.97 Å². The van der Waals surface area contributed by atoms with Crippen LogP contribution in [0.15, 0.2) is 41.8 Å². The molecule has 0 aliphatic heterocycles. The van der Waals surface area contributed by atoms with Crippen LogP contribution in [0.4, 0.5) is 0 Å². The van der Waals surface area contributed by atoms with Crippen molar-refractivity contribution in [1.29, 1.82) is 0 Å². The van der Waals surface area contributed by atoms with Crippen LogP contribution in [0.2, 0.25) is 0 Å². The molecule has 0 bridgehead atoms. The molecular formula is C20H27N3OS. The SMILES string of the molecule is CCCSc1ncc(CNC2(c3ccccc3OC)CCCC2)cn1. The van der Waals surface area contributed by atoms with Gasteiger partial charge in [0.1, 0.15) is 5.75 Å². The van der Waals surface area contributed by atoms with Crippen LogP contribution in [0.25, 0.3) is 0 Å². The maximum absolute atomic E-state index is 5.62. The quantitative estimate of drug-likeness (QED) is 0.555. The fourth-order valence-electron chi connectivity index (χ4n) is 3.53. The van der Waals surface area contributed by atoms with Crippen LogP contribution < -0.4 is 10.1 Å². The minimum absolute atomic E-state index is 0.0117. The fraction of sp³-hybridized carbons (Fsp3) is 0.500. The lowest BCUT2D eigenvalue weighted by Gasteiger charge is -2.32. The van der Waals surface area contributed by atoms with E-state index >= 15 is 0 Å². The van der Waals surface area contributed by atoms with Crippen molar-refractivity contribution in [3.8, 4) is 5.75 Å². The molecule has 25 heavy (non-hydrogen) atoms. The van der Waals surface area contributed by atoms with Crippen molar-refractivity contribution in [2.24, 2.45) is 0 Å². The molecule has 3 rings (SSSR count). The Bertz CT molecular complexity index is 669. The fourth-order valence-corrected chi connectivity index (χ4v) is 4.17. The largest absolute Gasteiger partial charge is 0.496 e. The molecule has 0 unspecified atom stereocenters. The first kappa shape index (κ1) is 18.2. The van der Waals surface area contributed by atoms with Gasteiger partial charge in [0.15, 0.2) is 5.16 Å². The van der Waals surface area contributed by atoms with E-state index < -0.39 is 0 Å². The predicted octanol–water partition coefficient (Wildman–Crippen LogP) is 4.55. The molecule has 1 aliphatic carbocycles. The van der Waals surface area contributed by atoms with Crippen LogP contribution >= 0.6 is 11.8 Å². The summed E-state index contributed by atoms with van der Waals surface area (Å²) in [7, 11) is 1.75. The minimum atomic E-state index is -0.0117. The molecule has 0 radical (unpaired) electrons. The summed E-state index contributed by atoms with van der Waals surface area (Å²) in [5.41, 5.74) is 2.38. The number of ether oxygens (including phenoxy) is 1. The molecule has 4 nitrogen and oxygen atoms in total. The van der Waals surface area contributed by atoms with Crippen molar-refractivity contribution in [3.05, 3.63) is 47.8 Å². The number of hydrogen-bond donors (Lipinski definition) is 1. The number of rotatable bonds is 8. The topological polar surface area (TPSA) is 47.0 Å². The van der Waals surface area contributed by atoms with Gasteiger partial charge in [-0.2, -0.15) is 0 Å². The maximum atomic E-state index is 5.62. The summed E-state index contributed by atoms with van der Waals surface area (Å²) in [6.45, 7) is 2.95. The monoisotopic (exact) mass is 357 g/mol. The van der Waals surface area contributed by atoms with E-state index in [1.807, 2.05) is 18.5 Å². The van der Waals surface area contributed by atoms with Crippen molar-refractivity contribution in [2.75, 3.05) is 12.9 Å². The summed E-state index contributed by atoms with van der Waals surface area (Å²) < 4.78 is 5.62. The first-order chi connectivity index (χ1) is 12.3. The van der Waals surface area contributed by atoms with Gasteiger partial charge in [0.2, 0.25) is 0 Å². The van der Waals surface area contributed by atoms with E-state index in [-0.39, 0.29) is 5.54 Å². The minimum Gasteiger partial charge on any atom is -0.496 e. The van der Waals surface area contributed by atoms with Crippen LogP contribution in [-0.2, 0) is 12.1 Å². The molecule has 0 spiro atoms. The first-order valence-corrected chi connectivity index (χ1v) is 10.1. The van der Waals surface area contributed by atoms with Crippen molar-refractivity contribution >= 4 is 11.8 Å². The van der Waals surface area contributed by atoms with Gasteiger partial charge < -0.3 is 10.1 Å². The van der Waals surface area contributed by atoms with Crippen LogP contribution in [0.5, 0.6) is 5.75 Å². The normalized spacial score (nSPS) is 16.1. The van der Waals surface area contributed by atoms with Crippen LogP contribution in [0.1, 0.15) is 50.2 Å². The van der Waals surface area contributed by atoms with E-state index in [2.05, 4.69) is 40.4 Å². The van der Waals surface area contributed by atoms with Crippen LogP contribution in [0, 0.1) is 0 Å². The lowest BCUT2D eigenvalue weighted by Crippen LogP contribution is -2.39. The number of nitrogens with zero attached hydrogens (tertiary/aromatic N) is 2. The summed E-state index contributed by atoms with van der Waals surface area (Å²) in [6.07, 6.45) is 9.80. The van der Waals surface area contributed by atoms with Crippen molar-refractivity contribution in [1.82, 2.24) is 15.3 Å². The summed E-state index contributed by atoms with van der Waals surface area (Å²) in [5, 5.41) is 4.66. The van der Waals surface area contributed by atoms with Gasteiger partial charge in [0.25, 0.3) is 0 Å². The molecule has 5 heteroatoms. The number of hydrogen-bond acceptors (Lipinski definition) is 5. The van der Waals surface area contributed by atoms with Gasteiger partial charge in [-0.05, 0) is 25.3 Å². The molecule has 1 aromatic carbocycles. The third-order valence-electron chi connectivity index (χ3n) is 4.83. The molecule has 1 heterocycles. The smallest absolute Gasteiger partial charge is 0.187 e. The Balaban J connectivity index is 1.72. The first-order valence-electron chi connectivity index (χ1n) is 9.09. The third kappa shape index (κ3) is 4.33. The molecule has 134 valence electrons. The molecule has 1 fully saturated rings. The molecule has 1 aromatic heterocycles. The number of para-hydroxylation sites is 1. The summed E-state index contributed by atoms with van der Waals surface area (Å²) >= 11 is 1.71. The highest BCUT2D eigenvalue weighted by atomic mass is 32.2. The average molecular weight is 358 g/mol. The molecule has 1 aliphatic rings. The summed E-state index contributed by atoms with van der Waals surface area (Å²) in [5.74, 6) is 2.04. The molecule has 0 amide bonds. The highest BCUT2D eigenvalue weighted by molar-refractivity contribution is 7.99. The Kier molecular flexibility index (Phi) is 6.32. The second-order valence-corrected chi connectivity index (χ2v) is 7.63. The number of aromatic nitrogens is 2. The molecule has 2 aromatic rings. The highest BCUT2D eigenvalue weighted by Gasteiger charge is 2.37. The summed E-state index contributed by atoms with van der Waals surface area (Å²) in [4.78, 5) is 8.96. The zero-order valence-electron chi connectivity index (χ0n) is 15.1. The average Bonchev–Trinajstić information content (AvgIpc) is 3.15. The third-order valence-corrected chi connectivity index (χ3v) is 5.91. The number of nitrogens with one attached hydrogen (secondary N) is 1. The second-order valence-electron chi connectivity index (χ2n) is 6.57. The Labute approximate surface area is 154 Å². The molecule has 1 saturated carbocycles. The van der Waals surface area contributed by atoms with Gasteiger partial charge in [0, 0.05) is 41.4 Å². The Morgan fingerprint density at radius 1 is 1.16 bits per heavy atom. The molecule has 0 atom stereocenters. The standard InChI is InChI=1S/C20H27N3OS/c1-3-12-25-19-21-13-16(14-22-19)15-23-20(10-6-7-11-20)17-8-4-5-9-18(17)24-2/h4-5,8-9,13-14,23H,3,6-7,10-12,15H2,1-2H3. The Morgan fingerprint density at radius 3 is 2.56 bits per heavy atom. The van der Waals surface area contributed by atoms with Crippen molar-refractivity contribution in [3.63, 3.8) is 0 Å². The number of methoxy groups -OCH3 is 1. The van der Waals surface area contributed by atoms with E-state index in [1.54, 1.807) is 18.9 Å². The zero-order chi connectivity index (χ0) is 17.5. The predicted molar refractivity (Wildman–Crippen MR) is 103 cm³/mol. The Morgan fingerprint density at radius 2 is 1.88 bits per heavy atom. The number of thioether (sulfide) groups is 1. The Hall–Kier alpha value is -1.59. The molecule has 0 saturated heterocycles. The van der Waals surface area contributed by atoms with Crippen LogP contribution in [-0.4, -0.2) is 22.8 Å². The van der Waals surface area contributed by atoms with Crippen molar-refractivity contribution in [2.45, 2.75) is 56.3 Å². The zero-order valence-corrected chi connectivity index (χ0v) is 15.9. The lowest BCUT2D eigenvalue weighted by atomic mass is 9.87. The van der Waals surface area contributed by atoms with Gasteiger partial charge in [-0.1, -0.05) is 49.7 Å². The van der Waals surface area contributed by atoms with Gasteiger partial charge >= 0.3 is 0 Å². The second kappa shape index (κ2) is 8.68. The highest BCUT2D eigenvalue weighted by Crippen LogP contribution is 2.42. The number of benzene rings is 1. The lowest BCUT2D eigenvalue weighted by molar-refractivity contribution is 0.316. The van der Waals surface area contributed by atoms with Gasteiger partial charge in [-0.3, -0.25) is 0 Å². The molecule has 1 N–H and O–H groups in total. The van der Waals surface area contributed by atoms with Crippen molar-refractivity contribution < 1.29 is 4.74 Å². The van der Waals surface area contributed by atoms with E-state index in [9.17, 15) is 0 Å². The molecular weight excluding hydrogens is 330 g/mol. The van der Waals surface area contributed by atoms with Crippen LogP contribution in [0.3, 0.4) is 0 Å². The van der Waals surface area contributed by atoms with E-state index in [1.165, 1.54) is 18.4 Å². The van der Waals surface area contributed by atoms with Gasteiger partial charge in [0.05, 0.1) is 7.11 Å². The maximum Gasteiger partial charge on any atom is 0.187 e.